The van der Waals surface area contributed by atoms with Crippen LogP contribution in [0.5, 0.6) is 5.75 Å². The molecule has 1 amide bonds. The minimum Gasteiger partial charge on any atom is -0.481 e. The summed E-state index contributed by atoms with van der Waals surface area (Å²) < 4.78 is 11.5. The lowest BCUT2D eigenvalue weighted by Gasteiger charge is -2.36. The minimum absolute atomic E-state index is 0.0556. The van der Waals surface area contributed by atoms with Crippen LogP contribution in [0.1, 0.15) is 32.8 Å². The molecule has 1 fully saturated rings. The monoisotopic (exact) mass is 291 g/mol. The zero-order valence-corrected chi connectivity index (χ0v) is 13.3. The van der Waals surface area contributed by atoms with Gasteiger partial charge in [0, 0.05) is 13.1 Å². The van der Waals surface area contributed by atoms with Crippen LogP contribution in [-0.4, -0.2) is 42.2 Å². The molecule has 1 heterocycles. The molecule has 1 aliphatic heterocycles. The Bertz CT molecular complexity index is 461. The second-order valence-electron chi connectivity index (χ2n) is 5.83. The van der Waals surface area contributed by atoms with Crippen LogP contribution in [0.4, 0.5) is 0 Å². The van der Waals surface area contributed by atoms with Crippen molar-refractivity contribution in [2.45, 2.75) is 52.4 Å². The molecule has 0 saturated carbocycles. The summed E-state index contributed by atoms with van der Waals surface area (Å²) in [6.45, 7) is 9.27. The van der Waals surface area contributed by atoms with Gasteiger partial charge in [-0.25, -0.2) is 0 Å². The third-order valence-corrected chi connectivity index (χ3v) is 3.68. The smallest absolute Gasteiger partial charge is 0.263 e. The molecule has 1 aromatic rings. The second-order valence-corrected chi connectivity index (χ2v) is 5.83. The lowest BCUT2D eigenvalue weighted by atomic mass is 10.1. The highest BCUT2D eigenvalue weighted by molar-refractivity contribution is 5.81. The van der Waals surface area contributed by atoms with Crippen molar-refractivity contribution in [2.75, 3.05) is 13.1 Å². The molecule has 0 bridgehead atoms. The highest BCUT2D eigenvalue weighted by atomic mass is 16.5. The fourth-order valence-electron chi connectivity index (χ4n) is 2.65. The van der Waals surface area contributed by atoms with Crippen molar-refractivity contribution in [1.82, 2.24) is 4.90 Å². The number of carbonyl (C=O) groups excluding carboxylic acids is 1. The molecule has 4 nitrogen and oxygen atoms in total. The van der Waals surface area contributed by atoms with Gasteiger partial charge in [0.25, 0.3) is 5.91 Å². The highest BCUT2D eigenvalue weighted by Gasteiger charge is 2.30. The van der Waals surface area contributed by atoms with Gasteiger partial charge in [-0.15, -0.1) is 0 Å². The van der Waals surface area contributed by atoms with Crippen LogP contribution >= 0.6 is 0 Å². The first-order valence-corrected chi connectivity index (χ1v) is 7.67. The Kier molecular flexibility index (Phi) is 5.23. The molecular weight excluding hydrogens is 266 g/mol. The molecule has 0 N–H and O–H groups in total. The summed E-state index contributed by atoms with van der Waals surface area (Å²) in [5, 5.41) is 0. The molecule has 1 aromatic carbocycles. The van der Waals surface area contributed by atoms with E-state index in [9.17, 15) is 4.79 Å². The average Bonchev–Trinajstić information content (AvgIpc) is 2.45. The summed E-state index contributed by atoms with van der Waals surface area (Å²) in [5.74, 6) is 0.801. The van der Waals surface area contributed by atoms with Crippen molar-refractivity contribution < 1.29 is 14.3 Å². The predicted molar refractivity (Wildman–Crippen MR) is 82.5 cm³/mol. The molecule has 0 aliphatic carbocycles. The van der Waals surface area contributed by atoms with Crippen molar-refractivity contribution in [2.24, 2.45) is 0 Å². The van der Waals surface area contributed by atoms with E-state index in [1.165, 1.54) is 5.56 Å². The van der Waals surface area contributed by atoms with Gasteiger partial charge in [-0.05, 0) is 39.3 Å². The third-order valence-electron chi connectivity index (χ3n) is 3.68. The number of benzene rings is 1. The summed E-state index contributed by atoms with van der Waals surface area (Å²) in [6.07, 6.45) is 0.390. The Labute approximate surface area is 127 Å². The van der Waals surface area contributed by atoms with Gasteiger partial charge in [-0.1, -0.05) is 24.6 Å². The van der Waals surface area contributed by atoms with E-state index in [0.717, 1.165) is 5.75 Å². The molecule has 1 aliphatic rings. The molecular formula is C17H25NO3. The van der Waals surface area contributed by atoms with Crippen molar-refractivity contribution in [1.29, 1.82) is 0 Å². The van der Waals surface area contributed by atoms with Gasteiger partial charge in [0.05, 0.1) is 12.2 Å². The van der Waals surface area contributed by atoms with Crippen molar-refractivity contribution in [3.8, 4) is 5.75 Å². The topological polar surface area (TPSA) is 38.8 Å². The zero-order chi connectivity index (χ0) is 15.4. The summed E-state index contributed by atoms with van der Waals surface area (Å²) in [6, 6.07) is 7.81. The van der Waals surface area contributed by atoms with Crippen LogP contribution < -0.4 is 4.74 Å². The quantitative estimate of drug-likeness (QED) is 0.856. The maximum Gasteiger partial charge on any atom is 0.263 e. The maximum atomic E-state index is 12.6. The van der Waals surface area contributed by atoms with E-state index in [1.54, 1.807) is 0 Å². The number of rotatable bonds is 4. The second kappa shape index (κ2) is 6.94. The number of nitrogens with zero attached hydrogens (tertiary/aromatic N) is 1. The lowest BCUT2D eigenvalue weighted by molar-refractivity contribution is -0.150. The molecule has 0 unspecified atom stereocenters. The van der Waals surface area contributed by atoms with Crippen LogP contribution in [0, 0.1) is 6.92 Å². The molecule has 0 aromatic heterocycles. The van der Waals surface area contributed by atoms with Crippen LogP contribution in [-0.2, 0) is 9.53 Å². The highest BCUT2D eigenvalue weighted by Crippen LogP contribution is 2.18. The first kappa shape index (κ1) is 15.8. The Balaban J connectivity index is 2.02. The number of amides is 1. The first-order valence-electron chi connectivity index (χ1n) is 7.67. The van der Waals surface area contributed by atoms with Crippen molar-refractivity contribution in [3.05, 3.63) is 29.8 Å². The van der Waals surface area contributed by atoms with Gasteiger partial charge >= 0.3 is 0 Å². The van der Waals surface area contributed by atoms with Crippen LogP contribution in [0.3, 0.4) is 0 Å². The zero-order valence-electron chi connectivity index (χ0n) is 13.3. The summed E-state index contributed by atoms with van der Waals surface area (Å²) >= 11 is 0. The average molecular weight is 291 g/mol. The van der Waals surface area contributed by atoms with Crippen LogP contribution in [0.2, 0.25) is 0 Å². The maximum absolute atomic E-state index is 12.6. The number of carbonyl (C=O) groups is 1. The van der Waals surface area contributed by atoms with Gasteiger partial charge in [-0.3, -0.25) is 4.79 Å². The van der Waals surface area contributed by atoms with Crippen molar-refractivity contribution >= 4 is 5.91 Å². The Morgan fingerprint density at radius 1 is 1.29 bits per heavy atom. The number of morpholine rings is 1. The first-order chi connectivity index (χ1) is 9.99. The van der Waals surface area contributed by atoms with Gasteiger partial charge in [0.2, 0.25) is 0 Å². The Morgan fingerprint density at radius 2 is 1.86 bits per heavy atom. The van der Waals surface area contributed by atoms with Gasteiger partial charge in [0.1, 0.15) is 5.75 Å². The van der Waals surface area contributed by atoms with E-state index in [2.05, 4.69) is 0 Å². The molecule has 1 saturated heterocycles. The largest absolute Gasteiger partial charge is 0.481 e. The fraction of sp³-hybridized carbons (Fsp3) is 0.588. The number of aryl methyl sites for hydroxylation is 1. The van der Waals surface area contributed by atoms with Crippen LogP contribution in [0.25, 0.3) is 0 Å². The fourth-order valence-corrected chi connectivity index (χ4v) is 2.65. The van der Waals surface area contributed by atoms with E-state index in [0.29, 0.717) is 19.5 Å². The molecule has 21 heavy (non-hydrogen) atoms. The normalized spacial score (nSPS) is 23.7. The van der Waals surface area contributed by atoms with Gasteiger partial charge in [0.15, 0.2) is 6.10 Å². The summed E-state index contributed by atoms with van der Waals surface area (Å²) in [5.41, 5.74) is 1.18. The SMILES string of the molecule is CC[C@@H](Oc1ccc(C)cc1)C(=O)N1C[C@@H](C)O[C@H](C)C1. The third kappa shape index (κ3) is 4.21. The van der Waals surface area contributed by atoms with Gasteiger partial charge < -0.3 is 14.4 Å². The molecule has 116 valence electrons. The van der Waals surface area contributed by atoms with Gasteiger partial charge in [-0.2, -0.15) is 0 Å². The number of hydrogen-bond acceptors (Lipinski definition) is 3. The molecule has 0 radical (unpaired) electrons. The van der Waals surface area contributed by atoms with Crippen LogP contribution in [0.15, 0.2) is 24.3 Å². The van der Waals surface area contributed by atoms with E-state index >= 15 is 0 Å². The Hall–Kier alpha value is -1.55. The van der Waals surface area contributed by atoms with E-state index in [-0.39, 0.29) is 18.1 Å². The summed E-state index contributed by atoms with van der Waals surface area (Å²) in [4.78, 5) is 14.5. The summed E-state index contributed by atoms with van der Waals surface area (Å²) in [7, 11) is 0. The Morgan fingerprint density at radius 3 is 2.38 bits per heavy atom. The van der Waals surface area contributed by atoms with E-state index in [1.807, 2.05) is 56.9 Å². The van der Waals surface area contributed by atoms with E-state index < -0.39 is 6.10 Å². The number of hydrogen-bond donors (Lipinski definition) is 0. The molecule has 0 spiro atoms. The molecule has 2 rings (SSSR count). The van der Waals surface area contributed by atoms with Crippen molar-refractivity contribution in [3.63, 3.8) is 0 Å². The lowest BCUT2D eigenvalue weighted by Crippen LogP contribution is -2.52. The van der Waals surface area contributed by atoms with E-state index in [4.69, 9.17) is 9.47 Å². The minimum atomic E-state index is -0.426. The molecule has 3 atom stereocenters. The molecule has 4 heteroatoms. The standard InChI is InChI=1S/C17H25NO3/c1-5-16(21-15-8-6-12(2)7-9-15)17(19)18-10-13(3)20-14(4)11-18/h6-9,13-14,16H,5,10-11H2,1-4H3/t13-,14-,16-/m1/s1. The number of ether oxygens (including phenoxy) is 2. The predicted octanol–water partition coefficient (Wildman–Crippen LogP) is 2.79.